The summed E-state index contributed by atoms with van der Waals surface area (Å²) in [5.74, 6) is 0.802. The Morgan fingerprint density at radius 3 is 2.22 bits per heavy atom. The lowest BCUT2D eigenvalue weighted by Gasteiger charge is -2.25. The molecule has 0 aliphatic heterocycles. The summed E-state index contributed by atoms with van der Waals surface area (Å²) >= 11 is 0. The van der Waals surface area contributed by atoms with E-state index in [9.17, 15) is 5.11 Å². The molecule has 1 N–H and O–H groups in total. The summed E-state index contributed by atoms with van der Waals surface area (Å²) in [4.78, 5) is 0. The summed E-state index contributed by atoms with van der Waals surface area (Å²) in [5, 5.41) is 10.1. The number of hydrogen-bond acceptors (Lipinski definition) is 3. The van der Waals surface area contributed by atoms with Gasteiger partial charge in [0.2, 0.25) is 0 Å². The molecule has 1 rings (SSSR count). The first kappa shape index (κ1) is 15.0. The molecule has 0 unspecified atom stereocenters. The Kier molecular flexibility index (Phi) is 6.16. The minimum atomic E-state index is -0.714. The molecule has 0 spiro atoms. The fraction of sp³-hybridized carbons (Fsp3) is 0.600. The van der Waals surface area contributed by atoms with E-state index in [1.807, 2.05) is 38.1 Å². The summed E-state index contributed by atoms with van der Waals surface area (Å²) in [6, 6.07) is 7.95. The van der Waals surface area contributed by atoms with Gasteiger partial charge in [-0.1, -0.05) is 26.0 Å². The van der Waals surface area contributed by atoms with Gasteiger partial charge in [-0.15, -0.1) is 0 Å². The van der Waals surface area contributed by atoms with Gasteiger partial charge in [0.1, 0.15) is 12.4 Å². The molecule has 0 atom stereocenters. The third-order valence-electron chi connectivity index (χ3n) is 3.34. The molecule has 102 valence electrons. The van der Waals surface area contributed by atoms with Gasteiger partial charge in [-0.05, 0) is 37.0 Å². The second-order valence-corrected chi connectivity index (χ2v) is 4.61. The lowest BCUT2D eigenvalue weighted by molar-refractivity contribution is -0.0113. The van der Waals surface area contributed by atoms with Crippen LogP contribution in [0.4, 0.5) is 0 Å². The Bertz CT molecular complexity index is 328. The molecule has 0 saturated heterocycles. The molecule has 18 heavy (non-hydrogen) atoms. The highest BCUT2D eigenvalue weighted by Crippen LogP contribution is 2.18. The van der Waals surface area contributed by atoms with Crippen molar-refractivity contribution < 1.29 is 14.6 Å². The van der Waals surface area contributed by atoms with Crippen LogP contribution in [0.1, 0.15) is 32.3 Å². The van der Waals surface area contributed by atoms with Crippen molar-refractivity contribution in [3.63, 3.8) is 0 Å². The average Bonchev–Trinajstić information content (AvgIpc) is 2.43. The maximum atomic E-state index is 10.1. The third-order valence-corrected chi connectivity index (χ3v) is 3.34. The summed E-state index contributed by atoms with van der Waals surface area (Å²) in [6.07, 6.45) is 2.31. The first-order chi connectivity index (χ1) is 8.63. The Morgan fingerprint density at radius 1 is 1.11 bits per heavy atom. The van der Waals surface area contributed by atoms with Crippen molar-refractivity contribution in [1.29, 1.82) is 0 Å². The van der Waals surface area contributed by atoms with Gasteiger partial charge in [0.05, 0.1) is 12.2 Å². The summed E-state index contributed by atoms with van der Waals surface area (Å²) in [7, 11) is 1.70. The van der Waals surface area contributed by atoms with Crippen LogP contribution in [0.15, 0.2) is 24.3 Å². The molecule has 0 aromatic heterocycles. The van der Waals surface area contributed by atoms with E-state index in [0.717, 1.165) is 18.8 Å². The largest absolute Gasteiger partial charge is 0.491 e. The van der Waals surface area contributed by atoms with Gasteiger partial charge in [0.15, 0.2) is 0 Å². The zero-order valence-corrected chi connectivity index (χ0v) is 11.6. The molecule has 3 nitrogen and oxygen atoms in total. The zero-order valence-electron chi connectivity index (χ0n) is 11.6. The number of rotatable bonds is 8. The van der Waals surface area contributed by atoms with Crippen molar-refractivity contribution in [3.05, 3.63) is 29.8 Å². The second-order valence-electron chi connectivity index (χ2n) is 4.61. The van der Waals surface area contributed by atoms with Gasteiger partial charge >= 0.3 is 0 Å². The van der Waals surface area contributed by atoms with Gasteiger partial charge in [0, 0.05) is 7.11 Å². The molecule has 1 aromatic carbocycles. The van der Waals surface area contributed by atoms with Crippen molar-refractivity contribution in [2.45, 2.75) is 38.7 Å². The normalized spacial score (nSPS) is 11.6. The van der Waals surface area contributed by atoms with Gasteiger partial charge in [0.25, 0.3) is 0 Å². The second kappa shape index (κ2) is 7.39. The Balaban J connectivity index is 2.48. The van der Waals surface area contributed by atoms with Crippen molar-refractivity contribution in [2.75, 3.05) is 20.3 Å². The standard InChI is InChI=1S/C15H24O3/c1-4-15(16,5-2)12-18-14-8-6-13(7-9-14)10-11-17-3/h6-9,16H,4-5,10-12H2,1-3H3. The van der Waals surface area contributed by atoms with E-state index in [1.54, 1.807) is 7.11 Å². The highest BCUT2D eigenvalue weighted by atomic mass is 16.5. The minimum absolute atomic E-state index is 0.345. The summed E-state index contributed by atoms with van der Waals surface area (Å²) < 4.78 is 10.7. The molecule has 0 heterocycles. The van der Waals surface area contributed by atoms with E-state index in [2.05, 4.69) is 0 Å². The fourth-order valence-electron chi connectivity index (χ4n) is 1.64. The quantitative estimate of drug-likeness (QED) is 0.773. The average molecular weight is 252 g/mol. The molecule has 0 bridgehead atoms. The van der Waals surface area contributed by atoms with E-state index in [4.69, 9.17) is 9.47 Å². The highest BCUT2D eigenvalue weighted by molar-refractivity contribution is 5.27. The topological polar surface area (TPSA) is 38.7 Å². The van der Waals surface area contributed by atoms with Crippen molar-refractivity contribution in [2.24, 2.45) is 0 Å². The Labute approximate surface area is 110 Å². The zero-order chi connectivity index (χ0) is 13.4. The predicted octanol–water partition coefficient (Wildman–Crippen LogP) is 2.81. The minimum Gasteiger partial charge on any atom is -0.491 e. The van der Waals surface area contributed by atoms with Gasteiger partial charge < -0.3 is 14.6 Å². The summed E-state index contributed by atoms with van der Waals surface area (Å²) in [6.45, 7) is 5.02. The van der Waals surface area contributed by atoms with Crippen LogP contribution >= 0.6 is 0 Å². The molecule has 0 aliphatic carbocycles. The fourth-order valence-corrected chi connectivity index (χ4v) is 1.64. The first-order valence-corrected chi connectivity index (χ1v) is 6.56. The van der Waals surface area contributed by atoms with Crippen LogP contribution in [0.5, 0.6) is 5.75 Å². The van der Waals surface area contributed by atoms with E-state index in [0.29, 0.717) is 19.4 Å². The number of methoxy groups -OCH3 is 1. The third kappa shape index (κ3) is 4.67. The van der Waals surface area contributed by atoms with Crippen LogP contribution in [-0.2, 0) is 11.2 Å². The maximum Gasteiger partial charge on any atom is 0.119 e. The molecule has 0 saturated carbocycles. The smallest absolute Gasteiger partial charge is 0.119 e. The monoisotopic (exact) mass is 252 g/mol. The van der Waals surface area contributed by atoms with Crippen LogP contribution in [0.3, 0.4) is 0 Å². The Hall–Kier alpha value is -1.06. The van der Waals surface area contributed by atoms with Crippen LogP contribution in [0.25, 0.3) is 0 Å². The van der Waals surface area contributed by atoms with Gasteiger partial charge in [-0.2, -0.15) is 0 Å². The molecular weight excluding hydrogens is 228 g/mol. The molecule has 0 radical (unpaired) electrons. The lowest BCUT2D eigenvalue weighted by atomic mass is 9.99. The van der Waals surface area contributed by atoms with E-state index >= 15 is 0 Å². The predicted molar refractivity (Wildman–Crippen MR) is 73.0 cm³/mol. The SMILES string of the molecule is CCC(O)(CC)COc1ccc(CCOC)cc1. The number of hydrogen-bond donors (Lipinski definition) is 1. The van der Waals surface area contributed by atoms with Crippen LogP contribution < -0.4 is 4.74 Å². The van der Waals surface area contributed by atoms with Gasteiger partial charge in [-0.25, -0.2) is 0 Å². The van der Waals surface area contributed by atoms with E-state index < -0.39 is 5.60 Å². The molecule has 0 aliphatic rings. The van der Waals surface area contributed by atoms with E-state index in [1.165, 1.54) is 5.56 Å². The molecule has 0 fully saturated rings. The van der Waals surface area contributed by atoms with Gasteiger partial charge in [-0.3, -0.25) is 0 Å². The molecular formula is C15H24O3. The van der Waals surface area contributed by atoms with Crippen molar-refractivity contribution in [1.82, 2.24) is 0 Å². The lowest BCUT2D eigenvalue weighted by Crippen LogP contribution is -2.34. The van der Waals surface area contributed by atoms with Crippen LogP contribution in [-0.4, -0.2) is 31.0 Å². The number of ether oxygens (including phenoxy) is 2. The Morgan fingerprint density at radius 2 is 1.72 bits per heavy atom. The van der Waals surface area contributed by atoms with Crippen molar-refractivity contribution in [3.8, 4) is 5.75 Å². The number of benzene rings is 1. The summed E-state index contributed by atoms with van der Waals surface area (Å²) in [5.41, 5.74) is 0.514. The highest BCUT2D eigenvalue weighted by Gasteiger charge is 2.22. The van der Waals surface area contributed by atoms with Crippen LogP contribution in [0, 0.1) is 0 Å². The first-order valence-electron chi connectivity index (χ1n) is 6.56. The van der Waals surface area contributed by atoms with E-state index in [-0.39, 0.29) is 0 Å². The number of aliphatic hydroxyl groups is 1. The maximum absolute atomic E-state index is 10.1. The molecule has 3 heteroatoms. The molecule has 0 amide bonds. The van der Waals surface area contributed by atoms with Crippen LogP contribution in [0.2, 0.25) is 0 Å². The molecule has 1 aromatic rings. The van der Waals surface area contributed by atoms with Crippen molar-refractivity contribution >= 4 is 0 Å².